The lowest BCUT2D eigenvalue weighted by Gasteiger charge is -2.30. The molecule has 0 saturated carbocycles. The molecule has 0 aromatic heterocycles. The van der Waals surface area contributed by atoms with Gasteiger partial charge in [-0.05, 0) is 18.1 Å². The Morgan fingerprint density at radius 3 is 2.15 bits per heavy atom. The molecule has 20 heavy (non-hydrogen) atoms. The molecule has 0 fully saturated rings. The van der Waals surface area contributed by atoms with Crippen molar-refractivity contribution in [3.63, 3.8) is 0 Å². The number of nitrogens with one attached hydrogen (secondary N) is 1. The first kappa shape index (κ1) is 14.3. The quantitative estimate of drug-likeness (QED) is 0.847. The van der Waals surface area contributed by atoms with Crippen LogP contribution >= 0.6 is 0 Å². The maximum absolute atomic E-state index is 11.2. The molecular weight excluding hydrogens is 250 g/mol. The first-order chi connectivity index (χ1) is 9.60. The van der Waals surface area contributed by atoms with Gasteiger partial charge in [-0.1, -0.05) is 60.7 Å². The molecule has 2 aromatic carbocycles. The van der Waals surface area contributed by atoms with Gasteiger partial charge < -0.3 is 10.4 Å². The van der Waals surface area contributed by atoms with Crippen molar-refractivity contribution in [2.45, 2.75) is 25.4 Å². The fourth-order valence-corrected chi connectivity index (χ4v) is 2.27. The highest BCUT2D eigenvalue weighted by atomic mass is 16.4. The van der Waals surface area contributed by atoms with Gasteiger partial charge in [0, 0.05) is 6.54 Å². The average Bonchev–Trinajstić information content (AvgIpc) is 2.47. The second-order valence-electron chi connectivity index (χ2n) is 5.11. The van der Waals surface area contributed by atoms with Crippen LogP contribution in [-0.4, -0.2) is 11.1 Å². The molecule has 0 bridgehead atoms. The van der Waals surface area contributed by atoms with Gasteiger partial charge in [0.15, 0.2) is 0 Å². The van der Waals surface area contributed by atoms with Crippen molar-refractivity contribution < 1.29 is 9.90 Å². The highest BCUT2D eigenvalue weighted by Crippen LogP contribution is 2.25. The molecule has 3 nitrogen and oxygen atoms in total. The first-order valence-electron chi connectivity index (χ1n) is 6.66. The minimum absolute atomic E-state index is 0.0455. The Morgan fingerprint density at radius 2 is 1.60 bits per heavy atom. The van der Waals surface area contributed by atoms with Gasteiger partial charge in [0.25, 0.3) is 0 Å². The predicted molar refractivity (Wildman–Crippen MR) is 79.3 cm³/mol. The van der Waals surface area contributed by atoms with Crippen LogP contribution < -0.4 is 5.32 Å². The second-order valence-corrected chi connectivity index (χ2v) is 5.11. The monoisotopic (exact) mass is 269 g/mol. The Labute approximate surface area is 119 Å². The second kappa shape index (κ2) is 6.35. The molecule has 0 amide bonds. The molecule has 0 aliphatic heterocycles. The van der Waals surface area contributed by atoms with E-state index in [0.29, 0.717) is 6.54 Å². The molecule has 2 aromatic rings. The van der Waals surface area contributed by atoms with Gasteiger partial charge in [-0.2, -0.15) is 0 Å². The molecule has 0 saturated heterocycles. The SMILES string of the molecule is CC(CC(=O)O)(NCc1ccccc1)c1ccccc1. The van der Waals surface area contributed by atoms with E-state index in [2.05, 4.69) is 5.32 Å². The van der Waals surface area contributed by atoms with Crippen molar-refractivity contribution in [1.82, 2.24) is 5.32 Å². The van der Waals surface area contributed by atoms with Gasteiger partial charge in [-0.25, -0.2) is 0 Å². The predicted octanol–water partition coefficient (Wildman–Crippen LogP) is 3.17. The number of carboxylic acids is 1. The molecule has 0 aliphatic rings. The molecule has 1 atom stereocenters. The molecule has 2 rings (SSSR count). The number of carbonyl (C=O) groups is 1. The van der Waals surface area contributed by atoms with E-state index in [-0.39, 0.29) is 6.42 Å². The van der Waals surface area contributed by atoms with Gasteiger partial charge >= 0.3 is 5.97 Å². The van der Waals surface area contributed by atoms with Crippen molar-refractivity contribution in [2.24, 2.45) is 0 Å². The summed E-state index contributed by atoms with van der Waals surface area (Å²) < 4.78 is 0. The van der Waals surface area contributed by atoms with Gasteiger partial charge in [0.2, 0.25) is 0 Å². The van der Waals surface area contributed by atoms with Crippen LogP contribution in [0.2, 0.25) is 0 Å². The van der Waals surface area contributed by atoms with E-state index in [1.54, 1.807) is 0 Å². The lowest BCUT2D eigenvalue weighted by atomic mass is 9.88. The van der Waals surface area contributed by atoms with E-state index in [0.717, 1.165) is 11.1 Å². The molecular formula is C17H19NO2. The van der Waals surface area contributed by atoms with Gasteiger partial charge in [-0.15, -0.1) is 0 Å². The third-order valence-electron chi connectivity index (χ3n) is 3.44. The Hall–Kier alpha value is -2.13. The summed E-state index contributed by atoms with van der Waals surface area (Å²) in [5, 5.41) is 12.5. The number of hydrogen-bond acceptors (Lipinski definition) is 2. The Morgan fingerprint density at radius 1 is 1.05 bits per heavy atom. The average molecular weight is 269 g/mol. The maximum atomic E-state index is 11.2. The minimum Gasteiger partial charge on any atom is -0.481 e. The summed E-state index contributed by atoms with van der Waals surface area (Å²) >= 11 is 0. The molecule has 2 N–H and O–H groups in total. The van der Waals surface area contributed by atoms with Crippen molar-refractivity contribution >= 4 is 5.97 Å². The Balaban J connectivity index is 2.17. The number of carboxylic acid groups (broad SMARTS) is 1. The number of rotatable bonds is 6. The number of benzene rings is 2. The number of hydrogen-bond donors (Lipinski definition) is 2. The minimum atomic E-state index is -0.808. The van der Waals surface area contributed by atoms with Crippen LogP contribution in [0.5, 0.6) is 0 Å². The zero-order valence-electron chi connectivity index (χ0n) is 11.5. The van der Waals surface area contributed by atoms with E-state index in [1.165, 1.54) is 0 Å². The Kier molecular flexibility index (Phi) is 4.53. The zero-order chi connectivity index (χ0) is 14.4. The topological polar surface area (TPSA) is 49.3 Å². The van der Waals surface area contributed by atoms with E-state index in [4.69, 9.17) is 5.11 Å². The van der Waals surface area contributed by atoms with Crippen LogP contribution in [0, 0.1) is 0 Å². The molecule has 104 valence electrons. The summed E-state index contributed by atoms with van der Waals surface area (Å²) in [6.45, 7) is 2.57. The van der Waals surface area contributed by atoms with Crippen LogP contribution in [0.3, 0.4) is 0 Å². The highest BCUT2D eigenvalue weighted by Gasteiger charge is 2.28. The van der Waals surface area contributed by atoms with Crippen molar-refractivity contribution in [3.05, 3.63) is 71.8 Å². The highest BCUT2D eigenvalue weighted by molar-refractivity contribution is 5.68. The standard InChI is InChI=1S/C17H19NO2/c1-17(12-16(19)20,15-10-6-3-7-11-15)18-13-14-8-4-2-5-9-14/h2-11,18H,12-13H2,1H3,(H,19,20). The van der Waals surface area contributed by atoms with Gasteiger partial charge in [-0.3, -0.25) is 4.79 Å². The van der Waals surface area contributed by atoms with Crippen LogP contribution in [0.15, 0.2) is 60.7 Å². The van der Waals surface area contributed by atoms with Crippen LogP contribution in [0.25, 0.3) is 0 Å². The molecule has 1 unspecified atom stereocenters. The van der Waals surface area contributed by atoms with Crippen LogP contribution in [-0.2, 0) is 16.9 Å². The summed E-state index contributed by atoms with van der Waals surface area (Å²) in [5.74, 6) is -0.808. The summed E-state index contributed by atoms with van der Waals surface area (Å²) in [5.41, 5.74) is 1.54. The van der Waals surface area contributed by atoms with E-state index < -0.39 is 11.5 Å². The van der Waals surface area contributed by atoms with Crippen LogP contribution in [0.1, 0.15) is 24.5 Å². The van der Waals surface area contributed by atoms with Gasteiger partial charge in [0.05, 0.1) is 12.0 Å². The Bertz CT molecular complexity index is 554. The van der Waals surface area contributed by atoms with Crippen molar-refractivity contribution in [3.8, 4) is 0 Å². The lowest BCUT2D eigenvalue weighted by Crippen LogP contribution is -2.41. The summed E-state index contributed by atoms with van der Waals surface area (Å²) in [6, 6.07) is 19.7. The summed E-state index contributed by atoms with van der Waals surface area (Å²) in [4.78, 5) is 11.2. The molecule has 0 heterocycles. The normalized spacial score (nSPS) is 13.7. The van der Waals surface area contributed by atoms with Crippen molar-refractivity contribution in [1.29, 1.82) is 0 Å². The third-order valence-corrected chi connectivity index (χ3v) is 3.44. The smallest absolute Gasteiger partial charge is 0.305 e. The van der Waals surface area contributed by atoms with E-state index >= 15 is 0 Å². The maximum Gasteiger partial charge on any atom is 0.305 e. The summed E-state index contributed by atoms with van der Waals surface area (Å²) in [7, 11) is 0. The first-order valence-corrected chi connectivity index (χ1v) is 6.66. The fraction of sp³-hybridized carbons (Fsp3) is 0.235. The molecule has 3 heteroatoms. The molecule has 0 aliphatic carbocycles. The zero-order valence-corrected chi connectivity index (χ0v) is 11.5. The van der Waals surface area contributed by atoms with Gasteiger partial charge in [0.1, 0.15) is 0 Å². The van der Waals surface area contributed by atoms with E-state index in [1.807, 2.05) is 67.6 Å². The fourth-order valence-electron chi connectivity index (χ4n) is 2.27. The molecule has 0 spiro atoms. The largest absolute Gasteiger partial charge is 0.481 e. The molecule has 0 radical (unpaired) electrons. The number of aliphatic carboxylic acids is 1. The summed E-state index contributed by atoms with van der Waals surface area (Å²) in [6.07, 6.45) is 0.0455. The lowest BCUT2D eigenvalue weighted by molar-refractivity contribution is -0.138. The van der Waals surface area contributed by atoms with E-state index in [9.17, 15) is 4.79 Å². The van der Waals surface area contributed by atoms with Crippen molar-refractivity contribution in [2.75, 3.05) is 0 Å². The third kappa shape index (κ3) is 3.68. The van der Waals surface area contributed by atoms with Crippen LogP contribution in [0.4, 0.5) is 0 Å².